The molecule has 0 fully saturated rings. The van der Waals surface area contributed by atoms with Gasteiger partial charge in [-0.25, -0.2) is 4.79 Å². The number of hydrogen-bond donors (Lipinski definition) is 2. The normalized spacial score (nSPS) is 12.5. The van der Waals surface area contributed by atoms with Crippen molar-refractivity contribution >= 4 is 29.3 Å². The number of ether oxygens (including phenoxy) is 2. The fourth-order valence-electron chi connectivity index (χ4n) is 1.41. The summed E-state index contributed by atoms with van der Waals surface area (Å²) in [5.74, 6) is -1.24. The molecule has 1 aromatic heterocycles. The molecular weight excluding hydrogens is 282 g/mol. The van der Waals surface area contributed by atoms with Gasteiger partial charge in [0.1, 0.15) is 0 Å². The Morgan fingerprint density at radius 2 is 2.20 bits per heavy atom. The Kier molecular flexibility index (Phi) is 6.92. The van der Waals surface area contributed by atoms with Crippen LogP contribution >= 0.6 is 11.3 Å². The van der Waals surface area contributed by atoms with Gasteiger partial charge in [-0.2, -0.15) is 0 Å². The maximum absolute atomic E-state index is 11.9. The third kappa shape index (κ3) is 5.52. The van der Waals surface area contributed by atoms with E-state index in [-0.39, 0.29) is 12.0 Å². The van der Waals surface area contributed by atoms with Gasteiger partial charge in [0.15, 0.2) is 0 Å². The molecule has 0 aromatic carbocycles. The Morgan fingerprint density at radius 1 is 1.45 bits per heavy atom. The molecule has 0 radical (unpaired) electrons. The number of carboxylic acids is 1. The molecule has 1 rings (SSSR count). The second-order valence-corrected chi connectivity index (χ2v) is 5.01. The number of carbonyl (C=O) groups is 2. The Hall–Kier alpha value is -1.70. The fourth-order valence-corrected chi connectivity index (χ4v) is 2.23. The highest BCUT2D eigenvalue weighted by Crippen LogP contribution is 2.17. The van der Waals surface area contributed by atoms with Gasteiger partial charge < -0.3 is 19.9 Å². The van der Waals surface area contributed by atoms with E-state index < -0.39 is 5.97 Å². The molecule has 1 aromatic rings. The minimum Gasteiger partial charge on any atom is -0.478 e. The molecule has 1 atom stereocenters. The van der Waals surface area contributed by atoms with Gasteiger partial charge >= 0.3 is 5.97 Å². The first kappa shape index (κ1) is 16.4. The van der Waals surface area contributed by atoms with E-state index in [1.807, 2.05) is 0 Å². The van der Waals surface area contributed by atoms with Gasteiger partial charge in [0.25, 0.3) is 5.91 Å². The van der Waals surface area contributed by atoms with E-state index in [4.69, 9.17) is 14.6 Å². The third-order valence-corrected chi connectivity index (χ3v) is 3.47. The van der Waals surface area contributed by atoms with Crippen molar-refractivity contribution in [2.45, 2.75) is 6.10 Å². The highest BCUT2D eigenvalue weighted by atomic mass is 32.1. The molecule has 0 aliphatic rings. The first-order valence-electron chi connectivity index (χ1n) is 5.87. The minimum atomic E-state index is -1.02. The van der Waals surface area contributed by atoms with Gasteiger partial charge in [0, 0.05) is 31.7 Å². The maximum atomic E-state index is 11.9. The summed E-state index contributed by atoms with van der Waals surface area (Å²) in [5, 5.41) is 11.3. The molecule has 0 aliphatic heterocycles. The zero-order valence-corrected chi connectivity index (χ0v) is 12.1. The monoisotopic (exact) mass is 299 g/mol. The lowest BCUT2D eigenvalue weighted by molar-refractivity contribution is -0.131. The highest BCUT2D eigenvalue weighted by molar-refractivity contribution is 7.14. The van der Waals surface area contributed by atoms with Crippen LogP contribution in [0.4, 0.5) is 0 Å². The third-order valence-electron chi connectivity index (χ3n) is 2.42. The average Bonchev–Trinajstić information content (AvgIpc) is 2.89. The quantitative estimate of drug-likeness (QED) is 0.705. The minimum absolute atomic E-state index is 0.199. The molecule has 110 valence electrons. The van der Waals surface area contributed by atoms with Crippen molar-refractivity contribution in [2.75, 3.05) is 27.4 Å². The standard InChI is InChI=1S/C13H17NO5S/c1-18-8-9(19-2)7-14-13(17)11-5-3-10(20-11)4-6-12(15)16/h3-6,9H,7-8H2,1-2H3,(H,14,17)(H,15,16)/b6-4+. The smallest absolute Gasteiger partial charge is 0.328 e. The van der Waals surface area contributed by atoms with Crippen LogP contribution in [0.5, 0.6) is 0 Å². The number of carbonyl (C=O) groups excluding carboxylic acids is 1. The van der Waals surface area contributed by atoms with Crippen LogP contribution < -0.4 is 5.32 Å². The zero-order chi connectivity index (χ0) is 15.0. The summed E-state index contributed by atoms with van der Waals surface area (Å²) in [7, 11) is 3.12. The van der Waals surface area contributed by atoms with E-state index in [1.165, 1.54) is 17.4 Å². The van der Waals surface area contributed by atoms with Gasteiger partial charge in [-0.3, -0.25) is 4.79 Å². The van der Waals surface area contributed by atoms with Gasteiger partial charge in [0.2, 0.25) is 0 Å². The van der Waals surface area contributed by atoms with Crippen molar-refractivity contribution in [3.63, 3.8) is 0 Å². The lowest BCUT2D eigenvalue weighted by Crippen LogP contribution is -2.35. The predicted octanol–water partition coefficient (Wildman–Crippen LogP) is 1.24. The first-order chi connectivity index (χ1) is 9.56. The number of amides is 1. The fraction of sp³-hybridized carbons (Fsp3) is 0.385. The second-order valence-electron chi connectivity index (χ2n) is 3.90. The van der Waals surface area contributed by atoms with E-state index in [0.29, 0.717) is 22.9 Å². The molecule has 20 heavy (non-hydrogen) atoms. The van der Waals surface area contributed by atoms with Crippen molar-refractivity contribution in [1.29, 1.82) is 0 Å². The van der Waals surface area contributed by atoms with Crippen molar-refractivity contribution in [1.82, 2.24) is 5.32 Å². The molecule has 0 aliphatic carbocycles. The highest BCUT2D eigenvalue weighted by Gasteiger charge is 2.12. The second kappa shape index (κ2) is 8.47. The molecule has 1 heterocycles. The molecule has 0 spiro atoms. The molecule has 6 nitrogen and oxygen atoms in total. The van der Waals surface area contributed by atoms with Crippen LogP contribution in [0.15, 0.2) is 18.2 Å². The van der Waals surface area contributed by atoms with Gasteiger partial charge in [-0.1, -0.05) is 0 Å². The van der Waals surface area contributed by atoms with Gasteiger partial charge in [-0.05, 0) is 18.2 Å². The van der Waals surface area contributed by atoms with Crippen LogP contribution in [0.1, 0.15) is 14.5 Å². The van der Waals surface area contributed by atoms with Crippen molar-refractivity contribution < 1.29 is 24.2 Å². The number of aliphatic carboxylic acids is 1. The lowest BCUT2D eigenvalue weighted by atomic mass is 10.3. The van der Waals surface area contributed by atoms with Gasteiger partial charge in [-0.15, -0.1) is 11.3 Å². The lowest BCUT2D eigenvalue weighted by Gasteiger charge is -2.14. The summed E-state index contributed by atoms with van der Waals surface area (Å²) in [4.78, 5) is 23.5. The number of hydrogen-bond acceptors (Lipinski definition) is 5. The van der Waals surface area contributed by atoms with E-state index in [0.717, 1.165) is 6.08 Å². The van der Waals surface area contributed by atoms with Crippen LogP contribution in [0.2, 0.25) is 0 Å². The van der Waals surface area contributed by atoms with Crippen LogP contribution in [-0.2, 0) is 14.3 Å². The average molecular weight is 299 g/mol. The maximum Gasteiger partial charge on any atom is 0.328 e. The predicted molar refractivity (Wildman–Crippen MR) is 76.0 cm³/mol. The summed E-state index contributed by atoms with van der Waals surface area (Å²) in [6.45, 7) is 0.745. The van der Waals surface area contributed by atoms with E-state index >= 15 is 0 Å². The van der Waals surface area contributed by atoms with E-state index in [2.05, 4.69) is 5.32 Å². The van der Waals surface area contributed by atoms with Gasteiger partial charge in [0.05, 0.1) is 17.6 Å². The summed E-state index contributed by atoms with van der Waals surface area (Å²) in [6.07, 6.45) is 2.29. The number of carboxylic acid groups (broad SMARTS) is 1. The summed E-state index contributed by atoms with van der Waals surface area (Å²) in [6, 6.07) is 3.35. The number of rotatable bonds is 8. The van der Waals surface area contributed by atoms with Crippen molar-refractivity contribution in [3.05, 3.63) is 28.0 Å². The SMILES string of the molecule is COCC(CNC(=O)c1ccc(/C=C/C(=O)O)s1)OC. The summed E-state index contributed by atoms with van der Waals surface area (Å²) in [5.41, 5.74) is 0. The molecule has 0 saturated heterocycles. The Morgan fingerprint density at radius 3 is 2.80 bits per heavy atom. The van der Waals surface area contributed by atoms with Crippen molar-refractivity contribution in [2.24, 2.45) is 0 Å². The largest absolute Gasteiger partial charge is 0.478 e. The number of thiophene rings is 1. The van der Waals surface area contributed by atoms with Crippen LogP contribution in [0.25, 0.3) is 6.08 Å². The van der Waals surface area contributed by atoms with E-state index in [9.17, 15) is 9.59 Å². The first-order valence-corrected chi connectivity index (χ1v) is 6.69. The molecule has 1 amide bonds. The number of methoxy groups -OCH3 is 2. The Balaban J connectivity index is 2.53. The zero-order valence-electron chi connectivity index (χ0n) is 11.3. The molecule has 0 saturated carbocycles. The Labute approximate surface area is 121 Å². The van der Waals surface area contributed by atoms with Crippen LogP contribution in [-0.4, -0.2) is 50.5 Å². The van der Waals surface area contributed by atoms with Crippen LogP contribution in [0, 0.1) is 0 Å². The molecule has 0 bridgehead atoms. The Bertz CT molecular complexity index is 483. The van der Waals surface area contributed by atoms with Crippen LogP contribution in [0.3, 0.4) is 0 Å². The van der Waals surface area contributed by atoms with E-state index in [1.54, 1.807) is 26.4 Å². The van der Waals surface area contributed by atoms with Crippen molar-refractivity contribution in [3.8, 4) is 0 Å². The molecule has 7 heteroatoms. The molecule has 1 unspecified atom stereocenters. The summed E-state index contributed by atoms with van der Waals surface area (Å²) < 4.78 is 10.1. The number of nitrogens with one attached hydrogen (secondary N) is 1. The topological polar surface area (TPSA) is 84.9 Å². The summed E-state index contributed by atoms with van der Waals surface area (Å²) >= 11 is 1.22. The molecule has 2 N–H and O–H groups in total. The molecular formula is C13H17NO5S.